The highest BCUT2D eigenvalue weighted by Gasteiger charge is 2.53. The predicted octanol–water partition coefficient (Wildman–Crippen LogP) is 4.84. The summed E-state index contributed by atoms with van der Waals surface area (Å²) in [6.07, 6.45) is 1.63. The Morgan fingerprint density at radius 1 is 0.955 bits per heavy atom. The second kappa shape index (κ2) is 5.65. The lowest BCUT2D eigenvalue weighted by atomic mass is 9.70. The van der Waals surface area contributed by atoms with Crippen LogP contribution in [0.4, 0.5) is 0 Å². The number of Topliss-reactive ketones (excluding diaryl/α,β-unsaturated/α-hetero) is 2. The Kier molecular flexibility index (Phi) is 4.11. The van der Waals surface area contributed by atoms with Gasteiger partial charge in [-0.1, -0.05) is 37.0 Å². The lowest BCUT2D eigenvalue weighted by molar-refractivity contribution is -0.125. The van der Waals surface area contributed by atoms with Crippen molar-refractivity contribution in [2.75, 3.05) is 0 Å². The predicted molar refractivity (Wildman–Crippen MR) is 88.5 cm³/mol. The van der Waals surface area contributed by atoms with E-state index in [-0.39, 0.29) is 23.4 Å². The molecule has 0 aliphatic heterocycles. The molecule has 2 fully saturated rings. The molecule has 4 atom stereocenters. The van der Waals surface area contributed by atoms with Crippen LogP contribution in [0.2, 0.25) is 10.0 Å². The minimum Gasteiger partial charge on any atom is -0.298 e. The molecule has 3 rings (SSSR count). The summed E-state index contributed by atoms with van der Waals surface area (Å²) in [6.45, 7) is 6.21. The molecule has 1 aromatic carbocycles. The van der Waals surface area contributed by atoms with E-state index in [1.807, 2.05) is 6.92 Å². The molecule has 2 aliphatic rings. The van der Waals surface area contributed by atoms with Gasteiger partial charge in [0.25, 0.3) is 0 Å². The summed E-state index contributed by atoms with van der Waals surface area (Å²) in [5.74, 6) is 0.126. The van der Waals surface area contributed by atoms with Crippen molar-refractivity contribution in [1.82, 2.24) is 0 Å². The summed E-state index contributed by atoms with van der Waals surface area (Å²) in [4.78, 5) is 25.8. The topological polar surface area (TPSA) is 34.1 Å². The monoisotopic (exact) mass is 338 g/mol. The van der Waals surface area contributed by atoms with Crippen molar-refractivity contribution in [3.05, 3.63) is 33.3 Å². The van der Waals surface area contributed by atoms with Crippen LogP contribution in [0.25, 0.3) is 0 Å². The Bertz CT molecular complexity index is 601. The molecule has 1 aromatic rings. The Hall–Kier alpha value is -0.860. The molecule has 2 saturated carbocycles. The van der Waals surface area contributed by atoms with Crippen LogP contribution in [-0.2, 0) is 9.59 Å². The van der Waals surface area contributed by atoms with Gasteiger partial charge in [-0.05, 0) is 54.9 Å². The van der Waals surface area contributed by atoms with Crippen LogP contribution in [-0.4, -0.2) is 11.6 Å². The standard InChI is InChI=1S/C18H20Cl2O2/c1-8-5-12-13(6-9(8)2)18(22)16(17(12)21)15-10(3)4-11(19)7-14(15)20/h4,7-9,12-13,16H,5-6H2,1-3H3. The molecule has 0 N–H and O–H groups in total. The normalized spacial score (nSPS) is 34.9. The first-order chi connectivity index (χ1) is 10.3. The van der Waals surface area contributed by atoms with E-state index in [2.05, 4.69) is 13.8 Å². The van der Waals surface area contributed by atoms with Crippen LogP contribution in [0.3, 0.4) is 0 Å². The zero-order chi connectivity index (χ0) is 16.2. The largest absolute Gasteiger partial charge is 0.298 e. The maximum absolute atomic E-state index is 12.9. The minimum atomic E-state index is -0.697. The van der Waals surface area contributed by atoms with Crippen molar-refractivity contribution in [2.45, 2.75) is 39.5 Å². The number of benzene rings is 1. The maximum atomic E-state index is 12.9. The molecule has 2 aliphatic carbocycles. The van der Waals surface area contributed by atoms with Gasteiger partial charge in [0.15, 0.2) is 11.6 Å². The highest BCUT2D eigenvalue weighted by molar-refractivity contribution is 6.36. The van der Waals surface area contributed by atoms with Gasteiger partial charge in [-0.2, -0.15) is 0 Å². The van der Waals surface area contributed by atoms with Gasteiger partial charge in [0, 0.05) is 21.9 Å². The van der Waals surface area contributed by atoms with Crippen molar-refractivity contribution in [1.29, 1.82) is 0 Å². The quantitative estimate of drug-likeness (QED) is 0.687. The van der Waals surface area contributed by atoms with Gasteiger partial charge in [-0.25, -0.2) is 0 Å². The molecular formula is C18H20Cl2O2. The van der Waals surface area contributed by atoms with Crippen molar-refractivity contribution >= 4 is 34.8 Å². The number of aryl methyl sites for hydroxylation is 1. The minimum absolute atomic E-state index is 0.0565. The summed E-state index contributed by atoms with van der Waals surface area (Å²) < 4.78 is 0. The highest BCUT2D eigenvalue weighted by Crippen LogP contribution is 2.49. The van der Waals surface area contributed by atoms with E-state index < -0.39 is 5.92 Å². The summed E-state index contributed by atoms with van der Waals surface area (Å²) >= 11 is 12.3. The van der Waals surface area contributed by atoms with E-state index in [0.29, 0.717) is 27.4 Å². The van der Waals surface area contributed by atoms with Crippen molar-refractivity contribution in [3.63, 3.8) is 0 Å². The SMILES string of the molecule is Cc1cc(Cl)cc(Cl)c1C1C(=O)C2CC(C)C(C)CC2C1=O. The van der Waals surface area contributed by atoms with Crippen molar-refractivity contribution in [3.8, 4) is 0 Å². The first-order valence-electron chi connectivity index (χ1n) is 7.84. The fourth-order valence-electron chi connectivity index (χ4n) is 4.15. The first kappa shape index (κ1) is 16.0. The molecular weight excluding hydrogens is 319 g/mol. The lowest BCUT2D eigenvalue weighted by Crippen LogP contribution is -2.30. The summed E-state index contributed by atoms with van der Waals surface area (Å²) in [6, 6.07) is 3.40. The first-order valence-corrected chi connectivity index (χ1v) is 8.59. The summed E-state index contributed by atoms with van der Waals surface area (Å²) in [7, 11) is 0. The maximum Gasteiger partial charge on any atom is 0.151 e. The molecule has 0 heterocycles. The Labute approximate surface area is 141 Å². The fourth-order valence-corrected chi connectivity index (χ4v) is 4.86. The molecule has 118 valence electrons. The molecule has 0 bridgehead atoms. The molecule has 4 unspecified atom stereocenters. The van der Waals surface area contributed by atoms with Gasteiger partial charge in [-0.3, -0.25) is 9.59 Å². The van der Waals surface area contributed by atoms with Gasteiger partial charge < -0.3 is 0 Å². The molecule has 22 heavy (non-hydrogen) atoms. The van der Waals surface area contributed by atoms with Gasteiger partial charge in [0.2, 0.25) is 0 Å². The molecule has 4 heteroatoms. The highest BCUT2D eigenvalue weighted by atomic mass is 35.5. The third-order valence-corrected chi connectivity index (χ3v) is 6.13. The van der Waals surface area contributed by atoms with E-state index in [1.165, 1.54) is 0 Å². The number of fused-ring (bicyclic) bond motifs is 1. The second-order valence-electron chi connectivity index (χ2n) is 6.99. The number of carbonyl (C=O) groups excluding carboxylic acids is 2. The van der Waals surface area contributed by atoms with Crippen molar-refractivity contribution < 1.29 is 9.59 Å². The molecule has 2 nitrogen and oxygen atoms in total. The van der Waals surface area contributed by atoms with Gasteiger partial charge in [0.1, 0.15) is 5.92 Å². The van der Waals surface area contributed by atoms with Crippen LogP contribution in [0.5, 0.6) is 0 Å². The number of carbonyl (C=O) groups is 2. The molecule has 0 saturated heterocycles. The lowest BCUT2D eigenvalue weighted by Gasteiger charge is -2.33. The number of rotatable bonds is 1. The number of hydrogen-bond acceptors (Lipinski definition) is 2. The molecule has 0 spiro atoms. The summed E-state index contributed by atoms with van der Waals surface area (Å²) in [5, 5.41) is 0.959. The summed E-state index contributed by atoms with van der Waals surface area (Å²) in [5.41, 5.74) is 1.49. The third-order valence-electron chi connectivity index (χ3n) is 5.60. The average molecular weight is 339 g/mol. The zero-order valence-corrected chi connectivity index (χ0v) is 14.5. The Morgan fingerprint density at radius 2 is 1.45 bits per heavy atom. The van der Waals surface area contributed by atoms with E-state index in [9.17, 15) is 9.59 Å². The Balaban J connectivity index is 2.03. The van der Waals surface area contributed by atoms with Crippen LogP contribution in [0, 0.1) is 30.6 Å². The second-order valence-corrected chi connectivity index (χ2v) is 7.84. The van der Waals surface area contributed by atoms with Crippen LogP contribution < -0.4 is 0 Å². The molecule has 0 radical (unpaired) electrons. The van der Waals surface area contributed by atoms with Crippen LogP contribution in [0.1, 0.15) is 43.7 Å². The van der Waals surface area contributed by atoms with Crippen LogP contribution in [0.15, 0.2) is 12.1 Å². The van der Waals surface area contributed by atoms with Crippen LogP contribution >= 0.6 is 23.2 Å². The smallest absolute Gasteiger partial charge is 0.151 e. The zero-order valence-electron chi connectivity index (χ0n) is 13.0. The van der Waals surface area contributed by atoms with Gasteiger partial charge in [-0.15, -0.1) is 0 Å². The van der Waals surface area contributed by atoms with Gasteiger partial charge in [0.05, 0.1) is 0 Å². The third kappa shape index (κ3) is 2.41. The average Bonchev–Trinajstić information content (AvgIpc) is 2.64. The van der Waals surface area contributed by atoms with E-state index in [0.717, 1.165) is 18.4 Å². The van der Waals surface area contributed by atoms with Crippen molar-refractivity contribution in [2.24, 2.45) is 23.7 Å². The Morgan fingerprint density at radius 3 is 1.91 bits per heavy atom. The fraction of sp³-hybridized carbons (Fsp3) is 0.556. The molecule has 0 aromatic heterocycles. The van der Waals surface area contributed by atoms with E-state index >= 15 is 0 Å². The van der Waals surface area contributed by atoms with Gasteiger partial charge >= 0.3 is 0 Å². The number of ketones is 2. The van der Waals surface area contributed by atoms with E-state index in [4.69, 9.17) is 23.2 Å². The number of halogens is 2. The van der Waals surface area contributed by atoms with E-state index in [1.54, 1.807) is 12.1 Å². The number of hydrogen-bond donors (Lipinski definition) is 0. The molecule has 0 amide bonds.